The third-order valence-electron chi connectivity index (χ3n) is 5.33. The fraction of sp³-hybridized carbons (Fsp3) is 0.739. The SMILES string of the molecule is CCCCCCN(C(=O)CCCC)C(CC(OC(=O)NC)c1nc(C=O)cs1)C(C)C. The Morgan fingerprint density at radius 3 is 2.45 bits per heavy atom. The van der Waals surface area contributed by atoms with Crippen LogP contribution in [0.2, 0.25) is 0 Å². The van der Waals surface area contributed by atoms with E-state index in [1.807, 2.05) is 4.90 Å². The lowest BCUT2D eigenvalue weighted by Crippen LogP contribution is -2.45. The second-order valence-corrected chi connectivity index (χ2v) is 9.06. The molecule has 176 valence electrons. The highest BCUT2D eigenvalue weighted by molar-refractivity contribution is 7.09. The predicted octanol–water partition coefficient (Wildman–Crippen LogP) is 5.37. The zero-order valence-electron chi connectivity index (χ0n) is 19.7. The molecule has 1 rings (SSSR count). The summed E-state index contributed by atoms with van der Waals surface area (Å²) < 4.78 is 5.62. The topological polar surface area (TPSA) is 88.6 Å². The molecule has 0 aliphatic heterocycles. The molecule has 0 bridgehead atoms. The van der Waals surface area contributed by atoms with Crippen molar-refractivity contribution < 1.29 is 19.1 Å². The van der Waals surface area contributed by atoms with Crippen molar-refractivity contribution in [1.82, 2.24) is 15.2 Å². The van der Waals surface area contributed by atoms with Gasteiger partial charge in [0.05, 0.1) is 0 Å². The van der Waals surface area contributed by atoms with E-state index in [0.29, 0.717) is 36.4 Å². The monoisotopic (exact) mass is 453 g/mol. The largest absolute Gasteiger partial charge is 0.439 e. The number of thiazole rings is 1. The number of rotatable bonds is 15. The van der Waals surface area contributed by atoms with Crippen molar-refractivity contribution in [2.75, 3.05) is 13.6 Å². The number of nitrogens with zero attached hydrogens (tertiary/aromatic N) is 2. The molecule has 0 saturated heterocycles. The van der Waals surface area contributed by atoms with Crippen molar-refractivity contribution in [2.24, 2.45) is 5.92 Å². The summed E-state index contributed by atoms with van der Waals surface area (Å²) in [4.78, 5) is 42.5. The van der Waals surface area contributed by atoms with Crippen LogP contribution in [0.4, 0.5) is 4.79 Å². The van der Waals surface area contributed by atoms with Crippen LogP contribution in [0, 0.1) is 5.92 Å². The molecule has 31 heavy (non-hydrogen) atoms. The van der Waals surface area contributed by atoms with E-state index in [2.05, 4.69) is 38.0 Å². The first-order valence-corrected chi connectivity index (χ1v) is 12.3. The first-order chi connectivity index (χ1) is 14.9. The van der Waals surface area contributed by atoms with Gasteiger partial charge in [0.25, 0.3) is 0 Å². The predicted molar refractivity (Wildman–Crippen MR) is 124 cm³/mol. The molecule has 1 N–H and O–H groups in total. The van der Waals surface area contributed by atoms with Gasteiger partial charge in [0, 0.05) is 37.9 Å². The quantitative estimate of drug-likeness (QED) is 0.285. The second-order valence-electron chi connectivity index (χ2n) is 8.17. The summed E-state index contributed by atoms with van der Waals surface area (Å²) in [6, 6.07) is -0.0933. The van der Waals surface area contributed by atoms with Crippen molar-refractivity contribution in [1.29, 1.82) is 0 Å². The summed E-state index contributed by atoms with van der Waals surface area (Å²) in [5.74, 6) is 0.335. The minimum Gasteiger partial charge on any atom is -0.439 e. The van der Waals surface area contributed by atoms with Crippen LogP contribution in [-0.2, 0) is 9.53 Å². The number of aldehydes is 1. The van der Waals surface area contributed by atoms with Crippen LogP contribution >= 0.6 is 11.3 Å². The van der Waals surface area contributed by atoms with Gasteiger partial charge in [0.2, 0.25) is 5.91 Å². The Hall–Kier alpha value is -1.96. The average Bonchev–Trinajstić information content (AvgIpc) is 3.24. The Kier molecular flexibility index (Phi) is 13.1. The second kappa shape index (κ2) is 14.9. The van der Waals surface area contributed by atoms with Crippen LogP contribution in [0.3, 0.4) is 0 Å². The Bertz CT molecular complexity index is 678. The molecule has 8 heteroatoms. The highest BCUT2D eigenvalue weighted by Crippen LogP contribution is 2.31. The molecular weight excluding hydrogens is 414 g/mol. The van der Waals surface area contributed by atoms with Gasteiger partial charge in [-0.2, -0.15) is 0 Å². The third kappa shape index (κ3) is 9.37. The van der Waals surface area contributed by atoms with Gasteiger partial charge >= 0.3 is 6.09 Å². The summed E-state index contributed by atoms with van der Waals surface area (Å²) in [5, 5.41) is 4.71. The number of unbranched alkanes of at least 4 members (excludes halogenated alkanes) is 4. The van der Waals surface area contributed by atoms with Crippen molar-refractivity contribution in [2.45, 2.75) is 91.2 Å². The standard InChI is InChI=1S/C23H39N3O4S/c1-6-8-10-11-13-26(21(28)12-9-7-2)19(17(3)4)14-20(30-23(29)24-5)22-25-18(15-27)16-31-22/h15-17,19-20H,6-14H2,1-5H3,(H,24,29). The van der Waals surface area contributed by atoms with Gasteiger partial charge in [-0.3, -0.25) is 9.59 Å². The Balaban J connectivity index is 3.12. The zero-order chi connectivity index (χ0) is 23.2. The number of ether oxygens (including phenoxy) is 1. The van der Waals surface area contributed by atoms with Gasteiger partial charge in [0.1, 0.15) is 10.7 Å². The van der Waals surface area contributed by atoms with E-state index in [1.165, 1.54) is 18.4 Å². The van der Waals surface area contributed by atoms with E-state index in [1.54, 1.807) is 5.38 Å². The molecule has 0 aromatic carbocycles. The van der Waals surface area contributed by atoms with Gasteiger partial charge < -0.3 is 15.0 Å². The lowest BCUT2D eigenvalue weighted by atomic mass is 9.95. The number of hydrogen-bond acceptors (Lipinski definition) is 6. The highest BCUT2D eigenvalue weighted by Gasteiger charge is 2.32. The molecule has 2 unspecified atom stereocenters. The number of amides is 2. The van der Waals surface area contributed by atoms with E-state index in [-0.39, 0.29) is 17.9 Å². The molecule has 0 radical (unpaired) electrons. The fourth-order valence-electron chi connectivity index (χ4n) is 3.52. The van der Waals surface area contributed by atoms with Gasteiger partial charge in [-0.15, -0.1) is 11.3 Å². The molecule has 0 spiro atoms. The van der Waals surface area contributed by atoms with Gasteiger partial charge in [0.15, 0.2) is 12.4 Å². The molecule has 0 aliphatic rings. The molecule has 7 nitrogen and oxygen atoms in total. The first kappa shape index (κ1) is 27.1. The maximum absolute atomic E-state index is 13.1. The summed E-state index contributed by atoms with van der Waals surface area (Å²) in [6.45, 7) is 9.14. The summed E-state index contributed by atoms with van der Waals surface area (Å²) in [7, 11) is 1.51. The van der Waals surface area contributed by atoms with Crippen molar-refractivity contribution in [3.05, 3.63) is 16.1 Å². The van der Waals surface area contributed by atoms with E-state index < -0.39 is 12.2 Å². The smallest absolute Gasteiger partial charge is 0.407 e. The molecule has 1 aromatic heterocycles. The Morgan fingerprint density at radius 2 is 1.90 bits per heavy atom. The molecule has 1 aromatic rings. The minimum absolute atomic E-state index is 0.0933. The van der Waals surface area contributed by atoms with Gasteiger partial charge in [-0.1, -0.05) is 53.4 Å². The van der Waals surface area contributed by atoms with Crippen LogP contribution < -0.4 is 5.32 Å². The number of carbonyl (C=O) groups excluding carboxylic acids is 3. The minimum atomic E-state index is -0.622. The van der Waals surface area contributed by atoms with Crippen molar-refractivity contribution in [3.63, 3.8) is 0 Å². The molecule has 0 aliphatic carbocycles. The van der Waals surface area contributed by atoms with Crippen LogP contribution in [0.1, 0.15) is 101 Å². The van der Waals surface area contributed by atoms with Crippen LogP contribution in [0.15, 0.2) is 5.38 Å². The maximum atomic E-state index is 13.1. The summed E-state index contributed by atoms with van der Waals surface area (Å²) in [6.07, 6.45) is 6.66. The molecule has 0 saturated carbocycles. The Labute approximate surface area is 190 Å². The van der Waals surface area contributed by atoms with Crippen LogP contribution in [-0.4, -0.2) is 47.8 Å². The lowest BCUT2D eigenvalue weighted by Gasteiger charge is -2.36. The van der Waals surface area contributed by atoms with Crippen LogP contribution in [0.5, 0.6) is 0 Å². The Morgan fingerprint density at radius 1 is 1.19 bits per heavy atom. The summed E-state index contributed by atoms with van der Waals surface area (Å²) >= 11 is 1.30. The normalized spacial score (nSPS) is 13.0. The molecule has 1 heterocycles. The zero-order valence-corrected chi connectivity index (χ0v) is 20.5. The number of hydrogen-bond donors (Lipinski definition) is 1. The molecule has 2 atom stereocenters. The number of carbonyl (C=O) groups is 3. The van der Waals surface area contributed by atoms with Gasteiger partial charge in [-0.05, 0) is 18.8 Å². The van der Waals surface area contributed by atoms with Crippen LogP contribution in [0.25, 0.3) is 0 Å². The summed E-state index contributed by atoms with van der Waals surface area (Å²) in [5.41, 5.74) is 0.321. The number of nitrogens with one attached hydrogen (secondary N) is 1. The lowest BCUT2D eigenvalue weighted by molar-refractivity contribution is -0.135. The fourth-order valence-corrected chi connectivity index (χ4v) is 4.33. The molecular formula is C23H39N3O4S. The highest BCUT2D eigenvalue weighted by atomic mass is 32.1. The van der Waals surface area contributed by atoms with E-state index in [9.17, 15) is 14.4 Å². The molecule has 0 fully saturated rings. The van der Waals surface area contributed by atoms with E-state index in [0.717, 1.165) is 38.5 Å². The average molecular weight is 454 g/mol. The number of aromatic nitrogens is 1. The first-order valence-electron chi connectivity index (χ1n) is 11.5. The van der Waals surface area contributed by atoms with E-state index in [4.69, 9.17) is 4.74 Å². The third-order valence-corrected chi connectivity index (χ3v) is 6.29. The van der Waals surface area contributed by atoms with Crippen molar-refractivity contribution >= 4 is 29.6 Å². The van der Waals surface area contributed by atoms with Gasteiger partial charge in [-0.25, -0.2) is 9.78 Å². The van der Waals surface area contributed by atoms with E-state index >= 15 is 0 Å². The maximum Gasteiger partial charge on any atom is 0.407 e. The van der Waals surface area contributed by atoms with Crippen molar-refractivity contribution in [3.8, 4) is 0 Å². The number of alkyl carbamates (subject to hydrolysis) is 1. The molecule has 2 amide bonds.